The van der Waals surface area contributed by atoms with E-state index in [0.29, 0.717) is 4.83 Å². The molecule has 1 aliphatic rings. The molecule has 0 bridgehead atoms. The summed E-state index contributed by atoms with van der Waals surface area (Å²) in [5, 5.41) is 0. The van der Waals surface area contributed by atoms with Gasteiger partial charge in [-0.05, 0) is 30.5 Å². The van der Waals surface area contributed by atoms with Gasteiger partial charge in [0, 0.05) is 11.9 Å². The molecule has 1 heterocycles. The van der Waals surface area contributed by atoms with Crippen LogP contribution < -0.4 is 9.64 Å². The molecule has 0 saturated carbocycles. The number of ether oxygens (including phenoxy) is 1. The Labute approximate surface area is 116 Å². The van der Waals surface area contributed by atoms with Gasteiger partial charge in [0.25, 0.3) is 5.91 Å². The van der Waals surface area contributed by atoms with Gasteiger partial charge in [0.05, 0.1) is 5.69 Å². The summed E-state index contributed by atoms with van der Waals surface area (Å²) in [6.45, 7) is 2.32. The minimum atomic E-state index is 0.00333. The van der Waals surface area contributed by atoms with E-state index in [1.807, 2.05) is 6.07 Å². The lowest BCUT2D eigenvalue weighted by atomic mass is 10.1. The maximum atomic E-state index is 11.6. The van der Waals surface area contributed by atoms with Gasteiger partial charge in [-0.2, -0.15) is 0 Å². The summed E-state index contributed by atoms with van der Waals surface area (Å²) in [5.74, 6) is 0.797. The molecule has 1 atom stereocenters. The maximum Gasteiger partial charge on any atom is 0.264 e. The summed E-state index contributed by atoms with van der Waals surface area (Å²) >= 11 is 3.69. The first kappa shape index (κ1) is 13.4. The number of nitrogens with zero attached hydrogens (tertiary/aromatic N) is 1. The maximum absolute atomic E-state index is 11.6. The Kier molecular flexibility index (Phi) is 4.27. The molecule has 0 spiro atoms. The number of amides is 1. The van der Waals surface area contributed by atoms with Crippen molar-refractivity contribution in [2.45, 2.75) is 31.0 Å². The standard InChI is InChI=1S/C14H18BrNO2/c1-3-4-11(15)7-10-5-6-13-12(8-10)16(2)14(17)9-18-13/h5-6,8,11H,3-4,7,9H2,1-2H3. The summed E-state index contributed by atoms with van der Waals surface area (Å²) in [7, 11) is 1.80. The zero-order valence-electron chi connectivity index (χ0n) is 10.8. The SMILES string of the molecule is CCCC(Br)Cc1ccc2c(c1)N(C)C(=O)CO2. The van der Waals surface area contributed by atoms with E-state index in [0.717, 1.165) is 24.3 Å². The number of hydrogen-bond acceptors (Lipinski definition) is 2. The number of halogens is 1. The molecule has 18 heavy (non-hydrogen) atoms. The first-order chi connectivity index (χ1) is 8.61. The Balaban J connectivity index is 2.18. The summed E-state index contributed by atoms with van der Waals surface area (Å²) in [6.07, 6.45) is 3.30. The summed E-state index contributed by atoms with van der Waals surface area (Å²) < 4.78 is 5.41. The number of hydrogen-bond donors (Lipinski definition) is 0. The zero-order valence-corrected chi connectivity index (χ0v) is 12.4. The van der Waals surface area contributed by atoms with Crippen molar-refractivity contribution in [3.8, 4) is 5.75 Å². The third kappa shape index (κ3) is 2.86. The van der Waals surface area contributed by atoms with Crippen LogP contribution in [-0.2, 0) is 11.2 Å². The van der Waals surface area contributed by atoms with Crippen molar-refractivity contribution in [1.29, 1.82) is 0 Å². The first-order valence-electron chi connectivity index (χ1n) is 6.28. The third-order valence-electron chi connectivity index (χ3n) is 3.17. The van der Waals surface area contributed by atoms with Crippen LogP contribution in [0.25, 0.3) is 0 Å². The molecule has 4 heteroatoms. The quantitative estimate of drug-likeness (QED) is 0.799. The predicted molar refractivity (Wildman–Crippen MR) is 76.7 cm³/mol. The van der Waals surface area contributed by atoms with Crippen molar-refractivity contribution >= 4 is 27.5 Å². The minimum absolute atomic E-state index is 0.00333. The second kappa shape index (κ2) is 5.74. The lowest BCUT2D eigenvalue weighted by molar-refractivity contribution is -0.120. The Morgan fingerprint density at radius 1 is 1.50 bits per heavy atom. The number of benzene rings is 1. The van der Waals surface area contributed by atoms with E-state index < -0.39 is 0 Å². The molecule has 1 amide bonds. The van der Waals surface area contributed by atoms with Gasteiger partial charge >= 0.3 is 0 Å². The molecule has 1 aromatic carbocycles. The fourth-order valence-corrected chi connectivity index (χ4v) is 2.95. The van der Waals surface area contributed by atoms with Crippen molar-refractivity contribution in [3.05, 3.63) is 23.8 Å². The van der Waals surface area contributed by atoms with Crippen molar-refractivity contribution in [3.63, 3.8) is 0 Å². The highest BCUT2D eigenvalue weighted by atomic mass is 79.9. The molecule has 98 valence electrons. The topological polar surface area (TPSA) is 29.5 Å². The van der Waals surface area contributed by atoms with E-state index in [9.17, 15) is 4.79 Å². The van der Waals surface area contributed by atoms with E-state index in [1.54, 1.807) is 11.9 Å². The van der Waals surface area contributed by atoms with Crippen molar-refractivity contribution in [1.82, 2.24) is 0 Å². The van der Waals surface area contributed by atoms with E-state index in [2.05, 4.69) is 35.0 Å². The molecule has 3 nitrogen and oxygen atoms in total. The fraction of sp³-hybridized carbons (Fsp3) is 0.500. The molecular weight excluding hydrogens is 294 g/mol. The zero-order chi connectivity index (χ0) is 13.1. The van der Waals surface area contributed by atoms with E-state index >= 15 is 0 Å². The van der Waals surface area contributed by atoms with Crippen LogP contribution in [0.1, 0.15) is 25.3 Å². The lowest BCUT2D eigenvalue weighted by Gasteiger charge is -2.26. The highest BCUT2D eigenvalue weighted by Crippen LogP contribution is 2.32. The van der Waals surface area contributed by atoms with Crippen LogP contribution >= 0.6 is 15.9 Å². The first-order valence-corrected chi connectivity index (χ1v) is 7.19. The molecule has 0 fully saturated rings. The molecule has 0 saturated heterocycles. The van der Waals surface area contributed by atoms with Crippen molar-refractivity contribution in [2.75, 3.05) is 18.6 Å². The molecular formula is C14H18BrNO2. The monoisotopic (exact) mass is 311 g/mol. The summed E-state index contributed by atoms with van der Waals surface area (Å²) in [4.78, 5) is 13.7. The van der Waals surface area contributed by atoms with Crippen LogP contribution in [0.4, 0.5) is 5.69 Å². The molecule has 1 aromatic rings. The normalized spacial score (nSPS) is 16.2. The molecule has 2 rings (SSSR count). The highest BCUT2D eigenvalue weighted by Gasteiger charge is 2.22. The van der Waals surface area contributed by atoms with Crippen molar-refractivity contribution < 1.29 is 9.53 Å². The Hall–Kier alpha value is -1.03. The van der Waals surface area contributed by atoms with Gasteiger partial charge in [-0.25, -0.2) is 0 Å². The van der Waals surface area contributed by atoms with E-state index in [4.69, 9.17) is 4.74 Å². The van der Waals surface area contributed by atoms with Gasteiger partial charge in [0.15, 0.2) is 6.61 Å². The number of alkyl halides is 1. The second-order valence-corrected chi connectivity index (χ2v) is 5.93. The average Bonchev–Trinajstić information content (AvgIpc) is 2.35. The number of carbonyl (C=O) groups excluding carboxylic acids is 1. The Morgan fingerprint density at radius 3 is 3.00 bits per heavy atom. The van der Waals surface area contributed by atoms with Crippen LogP contribution in [0, 0.1) is 0 Å². The molecule has 1 aliphatic heterocycles. The van der Waals surface area contributed by atoms with Crippen LogP contribution in [0.3, 0.4) is 0 Å². The Morgan fingerprint density at radius 2 is 2.28 bits per heavy atom. The largest absolute Gasteiger partial charge is 0.482 e. The van der Waals surface area contributed by atoms with Gasteiger partial charge in [0.2, 0.25) is 0 Å². The molecule has 0 aliphatic carbocycles. The van der Waals surface area contributed by atoms with Crippen molar-refractivity contribution in [2.24, 2.45) is 0 Å². The van der Waals surface area contributed by atoms with Gasteiger partial charge in [-0.15, -0.1) is 0 Å². The van der Waals surface area contributed by atoms with Crippen LogP contribution in [0.5, 0.6) is 5.75 Å². The second-order valence-electron chi connectivity index (χ2n) is 4.63. The summed E-state index contributed by atoms with van der Waals surface area (Å²) in [5.41, 5.74) is 2.11. The lowest BCUT2D eigenvalue weighted by Crippen LogP contribution is -2.35. The van der Waals surface area contributed by atoms with Crippen LogP contribution in [0.15, 0.2) is 18.2 Å². The predicted octanol–water partition coefficient (Wildman–Crippen LogP) is 3.15. The van der Waals surface area contributed by atoms with Crippen LogP contribution in [-0.4, -0.2) is 24.4 Å². The smallest absolute Gasteiger partial charge is 0.264 e. The number of anilines is 1. The van der Waals surface area contributed by atoms with Gasteiger partial charge in [-0.1, -0.05) is 35.3 Å². The van der Waals surface area contributed by atoms with E-state index in [-0.39, 0.29) is 12.5 Å². The number of carbonyl (C=O) groups is 1. The summed E-state index contributed by atoms with van der Waals surface area (Å²) in [6, 6.07) is 6.09. The fourth-order valence-electron chi connectivity index (χ4n) is 2.12. The molecule has 0 aromatic heterocycles. The number of rotatable bonds is 4. The number of likely N-dealkylation sites (N-methyl/N-ethyl adjacent to an activating group) is 1. The molecule has 1 unspecified atom stereocenters. The van der Waals surface area contributed by atoms with Crippen LogP contribution in [0.2, 0.25) is 0 Å². The van der Waals surface area contributed by atoms with Gasteiger partial charge in [-0.3, -0.25) is 4.79 Å². The Bertz CT molecular complexity index is 447. The van der Waals surface area contributed by atoms with Gasteiger partial charge < -0.3 is 9.64 Å². The highest BCUT2D eigenvalue weighted by molar-refractivity contribution is 9.09. The average molecular weight is 312 g/mol. The molecule has 0 N–H and O–H groups in total. The molecule has 0 radical (unpaired) electrons. The van der Waals surface area contributed by atoms with Gasteiger partial charge in [0.1, 0.15) is 5.75 Å². The number of fused-ring (bicyclic) bond motifs is 1. The van der Waals surface area contributed by atoms with E-state index in [1.165, 1.54) is 12.0 Å². The minimum Gasteiger partial charge on any atom is -0.482 e. The third-order valence-corrected chi connectivity index (χ3v) is 3.95.